The first-order valence-electron chi connectivity index (χ1n) is 10.8. The first-order chi connectivity index (χ1) is 15.3. The Labute approximate surface area is 186 Å². The van der Waals surface area contributed by atoms with E-state index < -0.39 is 5.97 Å². The molecule has 5 nitrogen and oxygen atoms in total. The van der Waals surface area contributed by atoms with E-state index >= 15 is 0 Å². The highest BCUT2D eigenvalue weighted by Crippen LogP contribution is 2.52. The molecule has 3 aromatic carbocycles. The van der Waals surface area contributed by atoms with Crippen molar-refractivity contribution in [2.75, 3.05) is 11.9 Å². The monoisotopic (exact) mass is 427 g/mol. The van der Waals surface area contributed by atoms with Crippen molar-refractivity contribution < 1.29 is 19.4 Å². The van der Waals surface area contributed by atoms with E-state index in [0.29, 0.717) is 12.2 Å². The van der Waals surface area contributed by atoms with Crippen LogP contribution in [0.1, 0.15) is 43.9 Å². The third kappa shape index (κ3) is 3.54. The quantitative estimate of drug-likeness (QED) is 0.566. The number of carboxylic acid groups (broad SMARTS) is 1. The van der Waals surface area contributed by atoms with Crippen LogP contribution in [0.3, 0.4) is 0 Å². The van der Waals surface area contributed by atoms with E-state index in [2.05, 4.69) is 43.4 Å². The first-order valence-corrected chi connectivity index (χ1v) is 10.8. The molecule has 2 aliphatic rings. The van der Waals surface area contributed by atoms with Gasteiger partial charge in [0.05, 0.1) is 6.04 Å². The highest BCUT2D eigenvalue weighted by Gasteiger charge is 2.40. The standard InChI is InChI=1S/C27H25NO4/c1-27(2)13-20-24-19-6-4-3-5-16(19)9-12-21(24)28-26(25(20)22(29)14-27)17-7-10-18(11-8-17)32-15-23(30)31/h3-12,26,28H,13-15H2,1-2H3,(H,30,31)/t26-/m1/s1. The number of allylic oxidation sites excluding steroid dienone is 1. The van der Waals surface area contributed by atoms with Gasteiger partial charge in [-0.05, 0) is 51.9 Å². The van der Waals surface area contributed by atoms with Gasteiger partial charge in [-0.2, -0.15) is 0 Å². The number of benzene rings is 3. The lowest BCUT2D eigenvalue weighted by atomic mass is 9.68. The lowest BCUT2D eigenvalue weighted by Gasteiger charge is -2.40. The molecule has 0 amide bonds. The van der Waals surface area contributed by atoms with Gasteiger partial charge in [-0.15, -0.1) is 0 Å². The van der Waals surface area contributed by atoms with Crippen LogP contribution in [0.2, 0.25) is 0 Å². The van der Waals surface area contributed by atoms with Crippen molar-refractivity contribution in [1.82, 2.24) is 0 Å². The van der Waals surface area contributed by atoms with E-state index in [0.717, 1.165) is 45.2 Å². The van der Waals surface area contributed by atoms with Gasteiger partial charge in [0, 0.05) is 23.2 Å². The van der Waals surface area contributed by atoms with E-state index in [1.54, 1.807) is 12.1 Å². The smallest absolute Gasteiger partial charge is 0.341 e. The number of nitrogens with one attached hydrogen (secondary N) is 1. The Morgan fingerprint density at radius 3 is 2.56 bits per heavy atom. The van der Waals surface area contributed by atoms with Crippen molar-refractivity contribution in [2.24, 2.45) is 5.41 Å². The summed E-state index contributed by atoms with van der Waals surface area (Å²) >= 11 is 0. The molecule has 32 heavy (non-hydrogen) atoms. The zero-order valence-corrected chi connectivity index (χ0v) is 18.1. The maximum absolute atomic E-state index is 13.4. The third-order valence-corrected chi connectivity index (χ3v) is 6.32. The normalized spacial score (nSPS) is 19.2. The Bertz CT molecular complexity index is 1270. The Balaban J connectivity index is 1.63. The van der Waals surface area contributed by atoms with E-state index in [1.165, 1.54) is 0 Å². The van der Waals surface area contributed by atoms with Crippen LogP contribution in [-0.4, -0.2) is 23.5 Å². The molecular weight excluding hydrogens is 402 g/mol. The van der Waals surface area contributed by atoms with Crippen LogP contribution in [0.4, 0.5) is 5.69 Å². The average Bonchev–Trinajstić information content (AvgIpc) is 2.76. The molecule has 1 heterocycles. The van der Waals surface area contributed by atoms with Crippen LogP contribution in [0, 0.1) is 5.41 Å². The minimum absolute atomic E-state index is 0.0967. The Morgan fingerprint density at radius 1 is 1.06 bits per heavy atom. The van der Waals surface area contributed by atoms with Gasteiger partial charge in [-0.1, -0.05) is 56.3 Å². The Kier molecular flexibility index (Phi) is 4.77. The maximum Gasteiger partial charge on any atom is 0.341 e. The molecule has 1 atom stereocenters. The lowest BCUT2D eigenvalue weighted by molar-refractivity contribution is -0.139. The summed E-state index contributed by atoms with van der Waals surface area (Å²) in [5, 5.41) is 14.8. The molecule has 0 saturated carbocycles. The molecule has 0 unspecified atom stereocenters. The summed E-state index contributed by atoms with van der Waals surface area (Å²) in [6.07, 6.45) is 1.36. The maximum atomic E-state index is 13.4. The van der Waals surface area contributed by atoms with Crippen LogP contribution in [0.25, 0.3) is 16.3 Å². The molecule has 0 fully saturated rings. The van der Waals surface area contributed by atoms with Gasteiger partial charge in [0.1, 0.15) is 5.75 Å². The van der Waals surface area contributed by atoms with Gasteiger partial charge in [0.2, 0.25) is 0 Å². The number of fused-ring (bicyclic) bond motifs is 4. The van der Waals surface area contributed by atoms with E-state index in [4.69, 9.17) is 9.84 Å². The molecule has 1 aliphatic heterocycles. The van der Waals surface area contributed by atoms with E-state index in [1.807, 2.05) is 24.3 Å². The number of rotatable bonds is 4. The van der Waals surface area contributed by atoms with E-state index in [9.17, 15) is 9.59 Å². The molecule has 1 aliphatic carbocycles. The fraction of sp³-hybridized carbons (Fsp3) is 0.259. The van der Waals surface area contributed by atoms with Crippen molar-refractivity contribution in [3.05, 3.63) is 77.4 Å². The fourth-order valence-corrected chi connectivity index (χ4v) is 4.99. The summed E-state index contributed by atoms with van der Waals surface area (Å²) in [7, 11) is 0. The van der Waals surface area contributed by atoms with E-state index in [-0.39, 0.29) is 23.8 Å². The molecule has 0 bridgehead atoms. The summed E-state index contributed by atoms with van der Waals surface area (Å²) < 4.78 is 5.27. The number of carboxylic acids is 1. The molecule has 0 spiro atoms. The summed E-state index contributed by atoms with van der Waals surface area (Å²) in [6.45, 7) is 3.93. The second-order valence-corrected chi connectivity index (χ2v) is 9.37. The minimum Gasteiger partial charge on any atom is -0.482 e. The molecule has 0 aromatic heterocycles. The number of ketones is 1. The SMILES string of the molecule is CC1(C)CC(=O)C2=C(C1)c1c(ccc3ccccc13)N[C@@H]2c1ccc(OCC(=O)O)cc1. The average molecular weight is 428 g/mol. The second-order valence-electron chi connectivity index (χ2n) is 9.37. The van der Waals surface area contributed by atoms with Crippen molar-refractivity contribution in [3.8, 4) is 5.75 Å². The number of aliphatic carboxylic acids is 1. The number of ether oxygens (including phenoxy) is 1. The zero-order chi connectivity index (χ0) is 22.5. The number of hydrogen-bond donors (Lipinski definition) is 2. The second kappa shape index (κ2) is 7.52. The number of carbonyl (C=O) groups excluding carboxylic acids is 1. The third-order valence-electron chi connectivity index (χ3n) is 6.32. The number of Topliss-reactive ketones (excluding diaryl/α,β-unsaturated/α-hetero) is 1. The van der Waals surface area contributed by atoms with Gasteiger partial charge in [-0.25, -0.2) is 4.79 Å². The molecule has 0 radical (unpaired) electrons. The van der Waals surface area contributed by atoms with Crippen molar-refractivity contribution in [2.45, 2.75) is 32.7 Å². The van der Waals surface area contributed by atoms with Crippen molar-refractivity contribution >= 4 is 33.8 Å². The highest BCUT2D eigenvalue weighted by atomic mass is 16.5. The minimum atomic E-state index is -1.02. The number of anilines is 1. The Hall–Kier alpha value is -3.60. The van der Waals surface area contributed by atoms with Crippen LogP contribution < -0.4 is 10.1 Å². The molecule has 5 rings (SSSR count). The molecule has 0 saturated heterocycles. The summed E-state index contributed by atoms with van der Waals surface area (Å²) in [5.74, 6) is -0.348. The topological polar surface area (TPSA) is 75.6 Å². The largest absolute Gasteiger partial charge is 0.482 e. The van der Waals surface area contributed by atoms with Gasteiger partial charge in [0.15, 0.2) is 12.4 Å². The number of carbonyl (C=O) groups is 2. The molecule has 3 aromatic rings. The summed E-state index contributed by atoms with van der Waals surface area (Å²) in [4.78, 5) is 24.2. The van der Waals surface area contributed by atoms with Crippen LogP contribution in [0.5, 0.6) is 5.75 Å². The summed E-state index contributed by atoms with van der Waals surface area (Å²) in [6, 6.07) is 19.6. The molecule has 2 N–H and O–H groups in total. The zero-order valence-electron chi connectivity index (χ0n) is 18.1. The van der Waals surface area contributed by atoms with Crippen LogP contribution >= 0.6 is 0 Å². The van der Waals surface area contributed by atoms with Crippen LogP contribution in [-0.2, 0) is 9.59 Å². The molecular formula is C27H25NO4. The molecule has 162 valence electrons. The van der Waals surface area contributed by atoms with Gasteiger partial charge in [-0.3, -0.25) is 4.79 Å². The summed E-state index contributed by atoms with van der Waals surface area (Å²) in [5.41, 5.74) is 4.99. The Morgan fingerprint density at radius 2 is 1.81 bits per heavy atom. The molecule has 5 heteroatoms. The van der Waals surface area contributed by atoms with Gasteiger partial charge in [0.25, 0.3) is 0 Å². The highest BCUT2D eigenvalue weighted by molar-refractivity contribution is 6.12. The van der Waals surface area contributed by atoms with Gasteiger partial charge < -0.3 is 15.2 Å². The number of hydrogen-bond acceptors (Lipinski definition) is 4. The fourth-order valence-electron chi connectivity index (χ4n) is 4.99. The van der Waals surface area contributed by atoms with Crippen molar-refractivity contribution in [3.63, 3.8) is 0 Å². The van der Waals surface area contributed by atoms with Gasteiger partial charge >= 0.3 is 5.97 Å². The van der Waals surface area contributed by atoms with Crippen LogP contribution in [0.15, 0.2) is 66.2 Å². The first kappa shape index (κ1) is 20.3. The lowest BCUT2D eigenvalue weighted by Crippen LogP contribution is -2.33. The predicted molar refractivity (Wildman–Crippen MR) is 125 cm³/mol. The predicted octanol–water partition coefficient (Wildman–Crippen LogP) is 5.61. The van der Waals surface area contributed by atoms with Crippen molar-refractivity contribution in [1.29, 1.82) is 0 Å².